The van der Waals surface area contributed by atoms with Gasteiger partial charge in [-0.2, -0.15) is 0 Å². The number of aromatic nitrogens is 1. The molecule has 1 aliphatic heterocycles. The number of nitrogens with zero attached hydrogens (tertiary/aromatic N) is 2. The molecule has 1 fully saturated rings. The van der Waals surface area contributed by atoms with Crippen LogP contribution in [0.5, 0.6) is 0 Å². The Labute approximate surface area is 167 Å². The smallest absolute Gasteiger partial charge is 0.255 e. The van der Waals surface area contributed by atoms with Crippen molar-refractivity contribution in [3.05, 3.63) is 53.7 Å². The number of amides is 3. The minimum Gasteiger partial charge on any atom is -0.366 e. The molecule has 7 nitrogen and oxygen atoms in total. The molecular formula is C20H22N4O3S. The maximum absolute atomic E-state index is 12.4. The van der Waals surface area contributed by atoms with E-state index in [1.165, 1.54) is 11.8 Å². The zero-order valence-electron chi connectivity index (χ0n) is 15.6. The second-order valence-electron chi connectivity index (χ2n) is 6.58. The van der Waals surface area contributed by atoms with Crippen molar-refractivity contribution in [1.29, 1.82) is 0 Å². The number of nitrogens with two attached hydrogens (primary N) is 1. The number of primary amides is 1. The Kier molecular flexibility index (Phi) is 6.30. The molecule has 2 heterocycles. The van der Waals surface area contributed by atoms with Crippen molar-refractivity contribution in [2.24, 2.45) is 5.73 Å². The average Bonchev–Trinajstić information content (AvgIpc) is 3.23. The molecule has 0 radical (unpaired) electrons. The molecule has 1 aromatic heterocycles. The zero-order chi connectivity index (χ0) is 20.1. The van der Waals surface area contributed by atoms with Gasteiger partial charge in [0, 0.05) is 30.5 Å². The number of hydrogen-bond donors (Lipinski definition) is 2. The molecule has 1 aromatic carbocycles. The van der Waals surface area contributed by atoms with Crippen LogP contribution in [0.3, 0.4) is 0 Å². The van der Waals surface area contributed by atoms with E-state index in [2.05, 4.69) is 10.3 Å². The minimum absolute atomic E-state index is 0.00625. The van der Waals surface area contributed by atoms with E-state index in [0.29, 0.717) is 21.8 Å². The van der Waals surface area contributed by atoms with E-state index < -0.39 is 5.91 Å². The van der Waals surface area contributed by atoms with Crippen molar-refractivity contribution >= 4 is 35.2 Å². The van der Waals surface area contributed by atoms with Gasteiger partial charge in [-0.3, -0.25) is 14.4 Å². The molecule has 2 aromatic rings. The lowest BCUT2D eigenvalue weighted by molar-refractivity contribution is -0.115. The van der Waals surface area contributed by atoms with Crippen molar-refractivity contribution in [2.75, 3.05) is 18.4 Å². The quantitative estimate of drug-likeness (QED) is 0.728. The fourth-order valence-electron chi connectivity index (χ4n) is 2.88. The second-order valence-corrected chi connectivity index (χ2v) is 7.94. The third-order valence-electron chi connectivity index (χ3n) is 4.48. The molecule has 1 unspecified atom stereocenters. The number of hydrogen-bond acceptors (Lipinski definition) is 5. The molecule has 1 atom stereocenters. The van der Waals surface area contributed by atoms with Gasteiger partial charge in [0.15, 0.2) is 0 Å². The third kappa shape index (κ3) is 4.89. The molecule has 0 bridgehead atoms. The predicted octanol–water partition coefficient (Wildman–Crippen LogP) is 2.54. The molecule has 0 aliphatic carbocycles. The van der Waals surface area contributed by atoms with E-state index in [0.717, 1.165) is 25.9 Å². The molecule has 0 spiro atoms. The first-order valence-electron chi connectivity index (χ1n) is 9.07. The molecular weight excluding hydrogens is 376 g/mol. The Hall–Kier alpha value is -2.87. The number of carbonyl (C=O) groups is 3. The Morgan fingerprint density at radius 1 is 1.07 bits per heavy atom. The molecule has 28 heavy (non-hydrogen) atoms. The van der Waals surface area contributed by atoms with E-state index in [-0.39, 0.29) is 17.1 Å². The number of benzene rings is 1. The molecule has 1 saturated heterocycles. The predicted molar refractivity (Wildman–Crippen MR) is 108 cm³/mol. The first-order valence-corrected chi connectivity index (χ1v) is 9.95. The molecule has 1 aliphatic rings. The van der Waals surface area contributed by atoms with Gasteiger partial charge in [0.2, 0.25) is 11.8 Å². The van der Waals surface area contributed by atoms with Crippen LogP contribution in [0.25, 0.3) is 0 Å². The van der Waals surface area contributed by atoms with Gasteiger partial charge in [-0.15, -0.1) is 0 Å². The van der Waals surface area contributed by atoms with Crippen LogP contribution in [0.4, 0.5) is 5.69 Å². The van der Waals surface area contributed by atoms with Gasteiger partial charge in [-0.1, -0.05) is 11.8 Å². The molecule has 3 N–H and O–H groups in total. The van der Waals surface area contributed by atoms with Gasteiger partial charge in [0.1, 0.15) is 0 Å². The maximum atomic E-state index is 12.4. The van der Waals surface area contributed by atoms with Gasteiger partial charge in [-0.25, -0.2) is 4.98 Å². The van der Waals surface area contributed by atoms with Gasteiger partial charge in [0.05, 0.1) is 15.8 Å². The number of pyridine rings is 1. The number of carbonyl (C=O) groups excluding carboxylic acids is 3. The van der Waals surface area contributed by atoms with Crippen LogP contribution in [-0.2, 0) is 4.79 Å². The summed E-state index contributed by atoms with van der Waals surface area (Å²) in [6.07, 6.45) is 3.66. The summed E-state index contributed by atoms with van der Waals surface area (Å²) in [5.74, 6) is -0.692. The second kappa shape index (κ2) is 8.88. The van der Waals surface area contributed by atoms with Crippen molar-refractivity contribution in [1.82, 2.24) is 9.88 Å². The Morgan fingerprint density at radius 3 is 2.29 bits per heavy atom. The van der Waals surface area contributed by atoms with E-state index in [1.807, 2.05) is 4.90 Å². The highest BCUT2D eigenvalue weighted by molar-refractivity contribution is 8.00. The number of anilines is 1. The summed E-state index contributed by atoms with van der Waals surface area (Å²) in [6, 6.07) is 9.90. The van der Waals surface area contributed by atoms with E-state index in [4.69, 9.17) is 5.73 Å². The Morgan fingerprint density at radius 2 is 1.71 bits per heavy atom. The Balaban J connectivity index is 1.56. The SMILES string of the molecule is CC(Sc1ccc(C(=O)N2CCCC2)cn1)C(=O)Nc1ccc(C(N)=O)cc1. The number of likely N-dealkylation sites (tertiary alicyclic amines) is 1. The summed E-state index contributed by atoms with van der Waals surface area (Å²) in [7, 11) is 0. The van der Waals surface area contributed by atoms with E-state index in [1.54, 1.807) is 49.5 Å². The third-order valence-corrected chi connectivity index (χ3v) is 5.53. The molecule has 3 rings (SSSR count). The molecule has 3 amide bonds. The van der Waals surface area contributed by atoms with Gasteiger partial charge in [0.25, 0.3) is 5.91 Å². The standard InChI is InChI=1S/C20H22N4O3S/c1-13(19(26)23-16-7-4-14(5-8-16)18(21)25)28-17-9-6-15(12-22-17)20(27)24-10-2-3-11-24/h4-9,12-13H,2-3,10-11H2,1H3,(H2,21,25)(H,23,26). The van der Waals surface area contributed by atoms with Gasteiger partial charge in [-0.05, 0) is 56.2 Å². The summed E-state index contributed by atoms with van der Waals surface area (Å²) in [5, 5.41) is 3.08. The number of nitrogens with one attached hydrogen (secondary N) is 1. The molecule has 146 valence electrons. The van der Waals surface area contributed by atoms with E-state index >= 15 is 0 Å². The first kappa shape index (κ1) is 19.9. The summed E-state index contributed by atoms with van der Waals surface area (Å²) < 4.78 is 0. The normalized spacial score (nSPS) is 14.5. The fraction of sp³-hybridized carbons (Fsp3) is 0.300. The van der Waals surface area contributed by atoms with Crippen molar-refractivity contribution < 1.29 is 14.4 Å². The molecule has 0 saturated carbocycles. The first-order chi connectivity index (χ1) is 13.4. The largest absolute Gasteiger partial charge is 0.366 e. The topological polar surface area (TPSA) is 105 Å². The van der Waals surface area contributed by atoms with Gasteiger partial charge < -0.3 is 16.0 Å². The Bertz CT molecular complexity index is 862. The summed E-state index contributed by atoms with van der Waals surface area (Å²) in [6.45, 7) is 3.38. The fourth-order valence-corrected chi connectivity index (χ4v) is 3.66. The highest BCUT2D eigenvalue weighted by atomic mass is 32.2. The van der Waals surface area contributed by atoms with Crippen LogP contribution >= 0.6 is 11.8 Å². The van der Waals surface area contributed by atoms with Crippen molar-refractivity contribution in [2.45, 2.75) is 30.0 Å². The zero-order valence-corrected chi connectivity index (χ0v) is 16.4. The van der Waals surface area contributed by atoms with Crippen molar-refractivity contribution in [3.63, 3.8) is 0 Å². The van der Waals surface area contributed by atoms with Crippen LogP contribution in [0, 0.1) is 0 Å². The maximum Gasteiger partial charge on any atom is 0.255 e. The van der Waals surface area contributed by atoms with E-state index in [9.17, 15) is 14.4 Å². The lowest BCUT2D eigenvalue weighted by atomic mass is 10.2. The highest BCUT2D eigenvalue weighted by Gasteiger charge is 2.20. The summed E-state index contributed by atoms with van der Waals surface area (Å²) >= 11 is 1.31. The monoisotopic (exact) mass is 398 g/mol. The molecule has 8 heteroatoms. The lowest BCUT2D eigenvalue weighted by Crippen LogP contribution is -2.27. The average molecular weight is 398 g/mol. The van der Waals surface area contributed by atoms with Crippen molar-refractivity contribution in [3.8, 4) is 0 Å². The summed E-state index contributed by atoms with van der Waals surface area (Å²) in [5.41, 5.74) is 6.74. The van der Waals surface area contributed by atoms with Crippen LogP contribution in [-0.4, -0.2) is 45.9 Å². The number of thioether (sulfide) groups is 1. The highest BCUT2D eigenvalue weighted by Crippen LogP contribution is 2.23. The number of rotatable bonds is 6. The van der Waals surface area contributed by atoms with Crippen LogP contribution in [0.1, 0.15) is 40.5 Å². The lowest BCUT2D eigenvalue weighted by Gasteiger charge is -2.15. The minimum atomic E-state index is -0.514. The van der Waals surface area contributed by atoms with Gasteiger partial charge >= 0.3 is 0 Å². The van der Waals surface area contributed by atoms with Crippen LogP contribution < -0.4 is 11.1 Å². The van der Waals surface area contributed by atoms with Crippen LogP contribution in [0.2, 0.25) is 0 Å². The summed E-state index contributed by atoms with van der Waals surface area (Å²) in [4.78, 5) is 42.0. The van der Waals surface area contributed by atoms with Crippen LogP contribution in [0.15, 0.2) is 47.6 Å².